The summed E-state index contributed by atoms with van der Waals surface area (Å²) in [5.41, 5.74) is 3.57. The monoisotopic (exact) mass is 495 g/mol. The van der Waals surface area contributed by atoms with E-state index < -0.39 is 12.2 Å². The number of hydrogen-bond acceptors (Lipinski definition) is 7. The number of ether oxygens (including phenoxy) is 3. The smallest absolute Gasteiger partial charge is 0.308 e. The van der Waals surface area contributed by atoms with Crippen molar-refractivity contribution in [2.45, 2.75) is 27.0 Å². The number of pyridine rings is 1. The van der Waals surface area contributed by atoms with E-state index >= 15 is 0 Å². The van der Waals surface area contributed by atoms with Crippen molar-refractivity contribution in [1.29, 1.82) is 0 Å². The molecule has 4 aromatic rings. The summed E-state index contributed by atoms with van der Waals surface area (Å²) >= 11 is 0. The van der Waals surface area contributed by atoms with Gasteiger partial charge in [-0.25, -0.2) is 4.98 Å². The molecule has 0 radical (unpaired) electrons. The van der Waals surface area contributed by atoms with Gasteiger partial charge in [-0.3, -0.25) is 9.59 Å². The summed E-state index contributed by atoms with van der Waals surface area (Å²) < 4.78 is 17.5. The van der Waals surface area contributed by atoms with E-state index in [1.165, 1.54) is 18.9 Å². The summed E-state index contributed by atoms with van der Waals surface area (Å²) in [6.45, 7) is 4.94. The number of carbonyl (C=O) groups excluding carboxylic acids is 2. The summed E-state index contributed by atoms with van der Waals surface area (Å²) in [5.74, 6) is -0.124. The maximum Gasteiger partial charge on any atom is 0.308 e. The van der Waals surface area contributed by atoms with Crippen LogP contribution in [0, 0.1) is 0 Å². The van der Waals surface area contributed by atoms with Crippen LogP contribution in [0.1, 0.15) is 38.1 Å². The van der Waals surface area contributed by atoms with Crippen molar-refractivity contribution >= 4 is 28.7 Å². The molecule has 0 aliphatic carbocycles. The van der Waals surface area contributed by atoms with Gasteiger partial charge in [-0.15, -0.1) is 5.10 Å². The molecule has 186 valence electrons. The molecule has 0 bridgehead atoms. The molecule has 0 saturated heterocycles. The number of fused-ring (bicyclic) bond motifs is 1. The van der Waals surface area contributed by atoms with Gasteiger partial charge < -0.3 is 14.2 Å². The molecule has 8 heteroatoms. The molecule has 3 aromatic carbocycles. The number of aromatic nitrogens is 1. The van der Waals surface area contributed by atoms with Gasteiger partial charge in [0.15, 0.2) is 11.5 Å². The second kappa shape index (κ2) is 10.1. The number of amides is 1. The fraction of sp³-hybridized carbons (Fsp3) is 0.172. The van der Waals surface area contributed by atoms with E-state index in [1.54, 1.807) is 18.2 Å². The fourth-order valence-corrected chi connectivity index (χ4v) is 4.24. The zero-order valence-corrected chi connectivity index (χ0v) is 20.7. The number of esters is 1. The highest BCUT2D eigenvalue weighted by Crippen LogP contribution is 2.39. The van der Waals surface area contributed by atoms with Crippen LogP contribution in [0.3, 0.4) is 0 Å². The molecule has 1 amide bonds. The minimum Gasteiger partial charge on any atom is -0.490 e. The highest BCUT2D eigenvalue weighted by Gasteiger charge is 2.36. The first-order valence-electron chi connectivity index (χ1n) is 11.9. The van der Waals surface area contributed by atoms with Crippen LogP contribution in [-0.4, -0.2) is 34.4 Å². The van der Waals surface area contributed by atoms with Gasteiger partial charge in [0.1, 0.15) is 0 Å². The van der Waals surface area contributed by atoms with E-state index in [4.69, 9.17) is 19.2 Å². The Labute approximate surface area is 214 Å². The third-order valence-corrected chi connectivity index (χ3v) is 5.81. The first-order valence-corrected chi connectivity index (χ1v) is 11.9. The number of hydrazone groups is 1. The molecule has 2 heterocycles. The third kappa shape index (κ3) is 4.73. The molecule has 5 rings (SSSR count). The second-order valence-corrected chi connectivity index (χ2v) is 8.38. The van der Waals surface area contributed by atoms with Gasteiger partial charge in [0.05, 0.1) is 23.4 Å². The SMILES string of the molecule is CCOc1cccc(C2=NN(C(C)=O)[C@H](c3cc(-c4ccccc4)nc4ccccc34)O2)c1OC(C)=O. The van der Waals surface area contributed by atoms with Crippen molar-refractivity contribution in [3.8, 4) is 22.8 Å². The Balaban J connectivity index is 1.63. The van der Waals surface area contributed by atoms with Gasteiger partial charge in [0, 0.05) is 30.4 Å². The maximum absolute atomic E-state index is 12.7. The largest absolute Gasteiger partial charge is 0.490 e. The van der Waals surface area contributed by atoms with Crippen LogP contribution in [0.5, 0.6) is 11.5 Å². The highest BCUT2D eigenvalue weighted by atomic mass is 16.6. The molecule has 0 saturated carbocycles. The fourth-order valence-electron chi connectivity index (χ4n) is 4.24. The van der Waals surface area contributed by atoms with Gasteiger partial charge in [-0.05, 0) is 31.2 Å². The summed E-state index contributed by atoms with van der Waals surface area (Å²) in [5, 5.41) is 6.63. The van der Waals surface area contributed by atoms with Gasteiger partial charge in [0.2, 0.25) is 18.0 Å². The number of rotatable bonds is 6. The van der Waals surface area contributed by atoms with Crippen molar-refractivity contribution in [3.05, 3.63) is 90.0 Å². The Morgan fingerprint density at radius 2 is 1.73 bits per heavy atom. The topological polar surface area (TPSA) is 90.3 Å². The molecular weight excluding hydrogens is 470 g/mol. The van der Waals surface area contributed by atoms with Gasteiger partial charge >= 0.3 is 5.97 Å². The molecule has 0 fully saturated rings. The van der Waals surface area contributed by atoms with Crippen molar-refractivity contribution < 1.29 is 23.8 Å². The van der Waals surface area contributed by atoms with E-state index in [0.717, 1.165) is 27.7 Å². The number of para-hydroxylation sites is 2. The predicted octanol–water partition coefficient (Wildman–Crippen LogP) is 5.46. The van der Waals surface area contributed by atoms with Crippen LogP contribution >= 0.6 is 0 Å². The summed E-state index contributed by atoms with van der Waals surface area (Å²) in [7, 11) is 0. The molecule has 8 nitrogen and oxygen atoms in total. The van der Waals surface area contributed by atoms with Crippen LogP contribution in [0.15, 0.2) is 84.0 Å². The molecule has 37 heavy (non-hydrogen) atoms. The van der Waals surface area contributed by atoms with E-state index in [9.17, 15) is 9.59 Å². The maximum atomic E-state index is 12.7. The van der Waals surface area contributed by atoms with E-state index in [0.29, 0.717) is 17.9 Å². The number of nitrogens with zero attached hydrogens (tertiary/aromatic N) is 3. The highest BCUT2D eigenvalue weighted by molar-refractivity contribution is 6.00. The number of carbonyl (C=O) groups is 2. The Morgan fingerprint density at radius 3 is 2.46 bits per heavy atom. The van der Waals surface area contributed by atoms with Crippen molar-refractivity contribution in [2.24, 2.45) is 5.10 Å². The van der Waals surface area contributed by atoms with Crippen molar-refractivity contribution in [2.75, 3.05) is 6.61 Å². The molecule has 1 atom stereocenters. The zero-order chi connectivity index (χ0) is 25.9. The molecule has 0 unspecified atom stereocenters. The van der Waals surface area contributed by atoms with Gasteiger partial charge in [0.25, 0.3) is 0 Å². The molecule has 1 aliphatic rings. The van der Waals surface area contributed by atoms with Crippen molar-refractivity contribution in [3.63, 3.8) is 0 Å². The minimum atomic E-state index is -0.858. The lowest BCUT2D eigenvalue weighted by Crippen LogP contribution is -2.25. The van der Waals surface area contributed by atoms with E-state index in [-0.39, 0.29) is 17.6 Å². The Bertz CT molecular complexity index is 1520. The second-order valence-electron chi connectivity index (χ2n) is 8.38. The normalized spacial score (nSPS) is 14.7. The lowest BCUT2D eigenvalue weighted by atomic mass is 10.0. The summed E-state index contributed by atoms with van der Waals surface area (Å²) in [6, 6.07) is 24.6. The summed E-state index contributed by atoms with van der Waals surface area (Å²) in [4.78, 5) is 29.5. The number of benzene rings is 3. The quantitative estimate of drug-likeness (QED) is 0.260. The number of hydrogen-bond donors (Lipinski definition) is 0. The first kappa shape index (κ1) is 24.0. The standard InChI is InChI=1S/C29H25N3O5/c1-4-35-26-16-10-14-22(27(26)36-19(3)34)28-31-32(18(2)33)29(37-28)23-17-25(20-11-6-5-7-12-20)30-24-15-9-8-13-21(23)24/h5-17,29H,4H2,1-3H3/t29-/m0/s1. The lowest BCUT2D eigenvalue weighted by molar-refractivity contribution is -0.135. The average molecular weight is 496 g/mol. The Morgan fingerprint density at radius 1 is 0.973 bits per heavy atom. The molecule has 0 spiro atoms. The van der Waals surface area contributed by atoms with Crippen LogP contribution < -0.4 is 9.47 Å². The predicted molar refractivity (Wildman–Crippen MR) is 139 cm³/mol. The summed E-state index contributed by atoms with van der Waals surface area (Å²) in [6.07, 6.45) is -0.858. The molecule has 0 N–H and O–H groups in total. The molecule has 1 aliphatic heterocycles. The lowest BCUT2D eigenvalue weighted by Gasteiger charge is -2.21. The van der Waals surface area contributed by atoms with Crippen LogP contribution in [0.4, 0.5) is 0 Å². The van der Waals surface area contributed by atoms with Gasteiger partial charge in [-0.2, -0.15) is 5.01 Å². The van der Waals surface area contributed by atoms with E-state index in [1.807, 2.05) is 67.6 Å². The van der Waals surface area contributed by atoms with Crippen LogP contribution in [0.25, 0.3) is 22.2 Å². The average Bonchev–Trinajstić information content (AvgIpc) is 3.35. The van der Waals surface area contributed by atoms with Gasteiger partial charge in [-0.1, -0.05) is 54.6 Å². The van der Waals surface area contributed by atoms with E-state index in [2.05, 4.69) is 5.10 Å². The molecular formula is C29H25N3O5. The van der Waals surface area contributed by atoms with Crippen LogP contribution in [-0.2, 0) is 14.3 Å². The zero-order valence-electron chi connectivity index (χ0n) is 20.7. The Kier molecular flexibility index (Phi) is 6.55. The van der Waals surface area contributed by atoms with Crippen molar-refractivity contribution in [1.82, 2.24) is 9.99 Å². The Hall–Kier alpha value is -4.72. The molecule has 1 aromatic heterocycles. The van der Waals surface area contributed by atoms with Crippen LogP contribution in [0.2, 0.25) is 0 Å². The minimum absolute atomic E-state index is 0.139. The third-order valence-electron chi connectivity index (χ3n) is 5.81. The first-order chi connectivity index (χ1) is 18.0.